The molecule has 0 unspecified atom stereocenters. The normalized spacial score (nSPS) is 17.1. The van der Waals surface area contributed by atoms with Gasteiger partial charge in [-0.1, -0.05) is 30.7 Å². The minimum absolute atomic E-state index is 0.0376. The summed E-state index contributed by atoms with van der Waals surface area (Å²) in [6, 6.07) is 15.6. The maximum absolute atomic E-state index is 12.4. The molecule has 0 atom stereocenters. The number of carbonyl (C=O) groups excluding carboxylic acids is 2. The van der Waals surface area contributed by atoms with Gasteiger partial charge in [-0.3, -0.25) is 9.59 Å². The number of rotatable bonds is 6. The van der Waals surface area contributed by atoms with Crippen LogP contribution in [0.1, 0.15) is 35.2 Å². The zero-order valence-electron chi connectivity index (χ0n) is 16.6. The summed E-state index contributed by atoms with van der Waals surface area (Å²) < 4.78 is 0. The third kappa shape index (κ3) is 5.00. The number of para-hydroxylation sites is 1. The van der Waals surface area contributed by atoms with Crippen molar-refractivity contribution in [2.45, 2.75) is 30.7 Å². The molecule has 4 rings (SSSR count). The number of thioether (sulfide) groups is 1. The number of hydrogen-bond acceptors (Lipinski definition) is 4. The van der Waals surface area contributed by atoms with Crippen LogP contribution in [-0.4, -0.2) is 48.6 Å². The lowest BCUT2D eigenvalue weighted by Crippen LogP contribution is -2.37. The third-order valence-corrected chi connectivity index (χ3v) is 6.57. The molecule has 2 aromatic rings. The van der Waals surface area contributed by atoms with Gasteiger partial charge in [-0.05, 0) is 55.8 Å². The molecule has 6 heteroatoms. The zero-order valence-corrected chi connectivity index (χ0v) is 17.4. The topological polar surface area (TPSA) is 52.7 Å². The predicted molar refractivity (Wildman–Crippen MR) is 117 cm³/mol. The highest BCUT2D eigenvalue weighted by atomic mass is 32.2. The molecule has 2 aromatic carbocycles. The Morgan fingerprint density at radius 3 is 2.55 bits per heavy atom. The van der Waals surface area contributed by atoms with E-state index in [1.165, 1.54) is 19.3 Å². The number of nitrogens with zero attached hydrogens (tertiary/aromatic N) is 2. The lowest BCUT2D eigenvalue weighted by atomic mass is 10.1. The highest BCUT2D eigenvalue weighted by Crippen LogP contribution is 2.35. The van der Waals surface area contributed by atoms with Crippen molar-refractivity contribution in [1.29, 1.82) is 0 Å². The second-order valence-electron chi connectivity index (χ2n) is 7.59. The highest BCUT2D eigenvalue weighted by Gasteiger charge is 2.24. The van der Waals surface area contributed by atoms with Crippen LogP contribution in [0.25, 0.3) is 0 Å². The molecule has 2 amide bonds. The molecule has 5 nitrogen and oxygen atoms in total. The van der Waals surface area contributed by atoms with E-state index in [2.05, 4.69) is 16.3 Å². The SMILES string of the molecule is O=C(NCCN1CCCCC1)c1ccc(CN2C(=O)CSc3ccccc32)cc1. The molecule has 1 N–H and O–H groups in total. The fraction of sp³-hybridized carbons (Fsp3) is 0.391. The summed E-state index contributed by atoms with van der Waals surface area (Å²) in [5.41, 5.74) is 2.64. The minimum Gasteiger partial charge on any atom is -0.351 e. The van der Waals surface area contributed by atoms with Gasteiger partial charge >= 0.3 is 0 Å². The van der Waals surface area contributed by atoms with Crippen LogP contribution in [0.3, 0.4) is 0 Å². The lowest BCUT2D eigenvalue weighted by Gasteiger charge is -2.29. The van der Waals surface area contributed by atoms with Crippen molar-refractivity contribution in [2.24, 2.45) is 0 Å². The summed E-state index contributed by atoms with van der Waals surface area (Å²) in [4.78, 5) is 30.2. The molecule has 29 heavy (non-hydrogen) atoms. The Balaban J connectivity index is 1.33. The maximum atomic E-state index is 12.4. The predicted octanol–water partition coefficient (Wildman–Crippen LogP) is 3.54. The maximum Gasteiger partial charge on any atom is 0.251 e. The zero-order chi connectivity index (χ0) is 20.1. The van der Waals surface area contributed by atoms with Gasteiger partial charge in [0.25, 0.3) is 5.91 Å². The molecular weight excluding hydrogens is 382 g/mol. The van der Waals surface area contributed by atoms with Crippen LogP contribution in [-0.2, 0) is 11.3 Å². The first kappa shape index (κ1) is 20.0. The van der Waals surface area contributed by atoms with E-state index in [-0.39, 0.29) is 11.8 Å². The van der Waals surface area contributed by atoms with Crippen LogP contribution in [0.2, 0.25) is 0 Å². The van der Waals surface area contributed by atoms with E-state index in [9.17, 15) is 9.59 Å². The largest absolute Gasteiger partial charge is 0.351 e. The molecule has 1 fully saturated rings. The molecule has 0 aliphatic carbocycles. The first-order chi connectivity index (χ1) is 14.2. The van der Waals surface area contributed by atoms with Gasteiger partial charge in [-0.25, -0.2) is 0 Å². The summed E-state index contributed by atoms with van der Waals surface area (Å²) in [7, 11) is 0. The minimum atomic E-state index is -0.0376. The van der Waals surface area contributed by atoms with Crippen molar-refractivity contribution >= 4 is 29.3 Å². The van der Waals surface area contributed by atoms with Gasteiger partial charge < -0.3 is 15.1 Å². The summed E-state index contributed by atoms with van der Waals surface area (Å²) in [6.45, 7) is 4.39. The van der Waals surface area contributed by atoms with Crippen molar-refractivity contribution in [3.63, 3.8) is 0 Å². The summed E-state index contributed by atoms with van der Waals surface area (Å²) in [5.74, 6) is 0.548. The van der Waals surface area contributed by atoms with Crippen LogP contribution in [0.4, 0.5) is 5.69 Å². The Bertz CT molecular complexity index is 863. The Morgan fingerprint density at radius 1 is 1.00 bits per heavy atom. The molecular formula is C23H27N3O2S. The molecule has 1 saturated heterocycles. The Kier molecular flexibility index (Phi) is 6.52. The van der Waals surface area contributed by atoms with Crippen LogP contribution in [0.15, 0.2) is 53.4 Å². The van der Waals surface area contributed by atoms with Crippen LogP contribution in [0, 0.1) is 0 Å². The number of fused-ring (bicyclic) bond motifs is 1. The van der Waals surface area contributed by atoms with Gasteiger partial charge in [-0.15, -0.1) is 11.8 Å². The number of nitrogens with one attached hydrogen (secondary N) is 1. The summed E-state index contributed by atoms with van der Waals surface area (Å²) >= 11 is 1.59. The fourth-order valence-electron chi connectivity index (χ4n) is 3.88. The highest BCUT2D eigenvalue weighted by molar-refractivity contribution is 8.00. The number of anilines is 1. The van der Waals surface area contributed by atoms with Gasteiger partial charge in [0.1, 0.15) is 0 Å². The summed E-state index contributed by atoms with van der Waals surface area (Å²) in [6.07, 6.45) is 3.85. The quantitative estimate of drug-likeness (QED) is 0.793. The van der Waals surface area contributed by atoms with Crippen molar-refractivity contribution in [2.75, 3.05) is 36.8 Å². The van der Waals surface area contributed by atoms with E-state index in [4.69, 9.17) is 0 Å². The molecule has 0 radical (unpaired) electrons. The van der Waals surface area contributed by atoms with E-state index in [1.807, 2.05) is 47.4 Å². The number of carbonyl (C=O) groups is 2. The first-order valence-corrected chi connectivity index (χ1v) is 11.3. The number of piperidine rings is 1. The molecule has 2 aliphatic rings. The average Bonchev–Trinajstić information content (AvgIpc) is 2.77. The second kappa shape index (κ2) is 9.46. The number of hydrogen-bond donors (Lipinski definition) is 1. The average molecular weight is 410 g/mol. The fourth-order valence-corrected chi connectivity index (χ4v) is 4.82. The van der Waals surface area contributed by atoms with E-state index in [0.717, 1.165) is 35.8 Å². The molecule has 152 valence electrons. The molecule has 2 aliphatic heterocycles. The van der Waals surface area contributed by atoms with Crippen molar-refractivity contribution in [3.05, 3.63) is 59.7 Å². The van der Waals surface area contributed by atoms with E-state index >= 15 is 0 Å². The van der Waals surface area contributed by atoms with Crippen LogP contribution < -0.4 is 10.2 Å². The van der Waals surface area contributed by atoms with E-state index in [0.29, 0.717) is 24.4 Å². The van der Waals surface area contributed by atoms with E-state index < -0.39 is 0 Å². The monoisotopic (exact) mass is 409 g/mol. The molecule has 0 spiro atoms. The van der Waals surface area contributed by atoms with Crippen LogP contribution >= 0.6 is 11.8 Å². The Hall–Kier alpha value is -2.31. The molecule has 0 bridgehead atoms. The smallest absolute Gasteiger partial charge is 0.251 e. The van der Waals surface area contributed by atoms with Gasteiger partial charge in [0.15, 0.2) is 0 Å². The molecule has 0 aromatic heterocycles. The van der Waals surface area contributed by atoms with Gasteiger partial charge in [0.05, 0.1) is 18.0 Å². The first-order valence-electron chi connectivity index (χ1n) is 10.3. The molecule has 0 saturated carbocycles. The van der Waals surface area contributed by atoms with E-state index in [1.54, 1.807) is 11.8 Å². The second-order valence-corrected chi connectivity index (χ2v) is 8.61. The van der Waals surface area contributed by atoms with Crippen molar-refractivity contribution in [3.8, 4) is 0 Å². The standard InChI is InChI=1S/C23H27N3O2S/c27-22-17-29-21-7-3-2-6-20(21)26(22)16-18-8-10-19(11-9-18)23(28)24-12-15-25-13-4-1-5-14-25/h2-3,6-11H,1,4-5,12-17H2,(H,24,28). The van der Waals surface area contributed by atoms with Gasteiger partial charge in [0, 0.05) is 23.5 Å². The van der Waals surface area contributed by atoms with Crippen LogP contribution in [0.5, 0.6) is 0 Å². The molecule has 2 heterocycles. The number of amides is 2. The van der Waals surface area contributed by atoms with Gasteiger partial charge in [-0.2, -0.15) is 0 Å². The van der Waals surface area contributed by atoms with Gasteiger partial charge in [0.2, 0.25) is 5.91 Å². The lowest BCUT2D eigenvalue weighted by molar-refractivity contribution is -0.116. The Morgan fingerprint density at radius 2 is 1.76 bits per heavy atom. The number of benzene rings is 2. The van der Waals surface area contributed by atoms with Crippen molar-refractivity contribution in [1.82, 2.24) is 10.2 Å². The Labute approximate surface area is 176 Å². The third-order valence-electron chi connectivity index (χ3n) is 5.53. The summed E-state index contributed by atoms with van der Waals surface area (Å²) in [5, 5.41) is 3.02. The number of likely N-dealkylation sites (tertiary alicyclic amines) is 1. The van der Waals surface area contributed by atoms with Crippen molar-refractivity contribution < 1.29 is 9.59 Å².